The van der Waals surface area contributed by atoms with E-state index >= 15 is 0 Å². The summed E-state index contributed by atoms with van der Waals surface area (Å²) in [6.45, 7) is 9.51. The minimum atomic E-state index is -4.21. The Balaban J connectivity index is 0.000000150. The Bertz CT molecular complexity index is 6290. The van der Waals surface area contributed by atoms with E-state index in [1.807, 2.05) is 7.05 Å². The van der Waals surface area contributed by atoms with Gasteiger partial charge in [-0.15, -0.1) is 0 Å². The van der Waals surface area contributed by atoms with Crippen LogP contribution < -0.4 is 64.6 Å². The maximum absolute atomic E-state index is 13.4. The zero-order valence-electron chi connectivity index (χ0n) is 61.7. The fraction of sp³-hybridized carbons (Fsp3) is 0.250. The number of methoxy groups -OCH3 is 3. The molecule has 0 unspecified atom stereocenters. The van der Waals surface area contributed by atoms with Crippen molar-refractivity contribution in [3.63, 3.8) is 0 Å². The molecule has 39 heteroatoms. The number of anilines is 3. The zero-order chi connectivity index (χ0) is 81.7. The summed E-state index contributed by atoms with van der Waals surface area (Å²) in [4.78, 5) is 68.4. The maximum atomic E-state index is 13.4. The Morgan fingerprint density at radius 3 is 1.17 bits per heavy atom. The van der Waals surface area contributed by atoms with Gasteiger partial charge in [0.05, 0.1) is 68.2 Å². The average Bonchev–Trinajstić information content (AvgIpc) is 0.897. The first kappa shape index (κ1) is 81.8. The lowest BCUT2D eigenvalue weighted by molar-refractivity contribution is 0.0849. The lowest BCUT2D eigenvalue weighted by Crippen LogP contribution is -2.54. The standard InChI is InChI=1S/C26H25ClFN5O5S.2C25H23ClFN5O5S/c1-37-25-21(31-39(35,36)23-6-5-19(28)13-20(23)27)12-18(14-30-25)17-4-7-24-29-15-22(26(34)33(24)16-17)38-11-10-32-8-2-3-9-32;1-31-11-15(12-31)14-37-21-10-28-23-6-3-16(13-32(23)25(21)33)17-7-20(24(36-2)29-9-17)30-38(34,35)22-5-4-18(27)8-19(22)26;1-25(12-28-13-25)14-37-20-10-29-22-6-3-15(11-32(22)24(20)33)16-7-19(23(36-2)30-9-16)31-38(34,35)21-5-4-17(27)8-18(21)26/h4-7,12-16,31H,2-3,8-11H2,1H3;3-10,13,15,30H,11-12,14H2,1-2H3;3-11,28,31H,12-14H2,1-2H3. The number of nitrogens with zero attached hydrogens (tertiary/aromatic N) is 11. The number of hydrogen-bond acceptors (Lipinski definition) is 24. The zero-order valence-corrected chi connectivity index (χ0v) is 66.4. The van der Waals surface area contributed by atoms with Gasteiger partial charge < -0.3 is 38.6 Å². The smallest absolute Gasteiger partial charge is 0.300 e. The number of rotatable bonds is 25. The van der Waals surface area contributed by atoms with E-state index in [1.54, 1.807) is 55.0 Å². The molecule has 9 aromatic heterocycles. The van der Waals surface area contributed by atoms with E-state index in [4.69, 9.17) is 63.2 Å². The first-order valence-corrected chi connectivity index (χ1v) is 40.7. The quantitative estimate of drug-likeness (QED) is 0.0413. The number of ether oxygens (including phenoxy) is 6. The van der Waals surface area contributed by atoms with Gasteiger partial charge in [-0.05, 0) is 142 Å². The van der Waals surface area contributed by atoms with Crippen LogP contribution in [-0.4, -0.2) is 172 Å². The molecule has 115 heavy (non-hydrogen) atoms. The fourth-order valence-corrected chi connectivity index (χ4v) is 17.3. The van der Waals surface area contributed by atoms with Crippen LogP contribution in [0.25, 0.3) is 50.3 Å². The summed E-state index contributed by atoms with van der Waals surface area (Å²) in [5, 5.41) is 2.37. The third-order valence-electron chi connectivity index (χ3n) is 18.6. The van der Waals surface area contributed by atoms with Crippen molar-refractivity contribution in [2.75, 3.05) is 108 Å². The number of benzene rings is 3. The second-order valence-corrected chi connectivity index (χ2v) is 33.3. The van der Waals surface area contributed by atoms with Crippen LogP contribution in [0.2, 0.25) is 15.1 Å². The van der Waals surface area contributed by atoms with Gasteiger partial charge in [0.25, 0.3) is 46.7 Å². The topological polar surface area (TPSA) is 354 Å². The van der Waals surface area contributed by atoms with Gasteiger partial charge >= 0.3 is 0 Å². The van der Waals surface area contributed by atoms with Crippen molar-refractivity contribution in [3.05, 3.63) is 229 Å². The molecule has 4 N–H and O–H groups in total. The Hall–Kier alpha value is -11.2. The second kappa shape index (κ2) is 34.5. The largest absolute Gasteiger partial charge is 0.486 e. The minimum absolute atomic E-state index is 0.00449. The molecular weight excluding hydrogens is 1620 g/mol. The van der Waals surface area contributed by atoms with Crippen molar-refractivity contribution in [1.29, 1.82) is 0 Å². The number of nitrogens with one attached hydrogen (secondary N) is 4. The highest BCUT2D eigenvalue weighted by Crippen LogP contribution is 2.37. The van der Waals surface area contributed by atoms with Gasteiger partial charge in [0.1, 0.15) is 72.7 Å². The van der Waals surface area contributed by atoms with Gasteiger partial charge in [-0.3, -0.25) is 46.7 Å². The number of pyridine rings is 6. The van der Waals surface area contributed by atoms with E-state index < -0.39 is 47.5 Å². The third-order valence-corrected chi connectivity index (χ3v) is 24.1. The van der Waals surface area contributed by atoms with Gasteiger partial charge in [-0.1, -0.05) is 41.7 Å². The summed E-state index contributed by atoms with van der Waals surface area (Å²) in [6, 6.07) is 23.6. The maximum Gasteiger partial charge on any atom is 0.300 e. The van der Waals surface area contributed by atoms with Crippen molar-refractivity contribution >= 4 is 98.9 Å². The highest BCUT2D eigenvalue weighted by molar-refractivity contribution is 7.93. The molecule has 12 aromatic rings. The molecule has 0 radical (unpaired) electrons. The third kappa shape index (κ3) is 18.8. The molecule has 15 rings (SSSR count). The Labute approximate surface area is 670 Å². The SMILES string of the molecule is COc1ncc(-c2ccc3ncc(OCC4(C)CNC4)c(=O)n3c2)cc1NS(=O)(=O)c1ccc(F)cc1Cl.COc1ncc(-c2ccc3ncc(OCC4CN(C)C4)c(=O)n3c2)cc1NS(=O)(=O)c1ccc(F)cc1Cl.COc1ncc(-c2ccc3ncc(OCCN4CCCC4)c(=O)n3c2)cc1NS(=O)(=O)c1ccc(F)cc1Cl. The van der Waals surface area contributed by atoms with Gasteiger partial charge in [-0.25, -0.2) is 68.3 Å². The summed E-state index contributed by atoms with van der Waals surface area (Å²) < 4.78 is 163. The van der Waals surface area contributed by atoms with Crippen molar-refractivity contribution in [2.24, 2.45) is 11.3 Å². The molecule has 0 atom stereocenters. The minimum Gasteiger partial charge on any atom is -0.486 e. The number of sulfonamides is 3. The van der Waals surface area contributed by atoms with Crippen LogP contribution in [0.3, 0.4) is 0 Å². The normalized spacial score (nSPS) is 14.3. The van der Waals surface area contributed by atoms with Crippen LogP contribution in [0.5, 0.6) is 34.9 Å². The Kier molecular flexibility index (Phi) is 24.5. The molecule has 12 heterocycles. The molecule has 3 aliphatic heterocycles. The fourth-order valence-electron chi connectivity index (χ4n) is 12.5. The molecule has 0 spiro atoms. The predicted octanol–water partition coefficient (Wildman–Crippen LogP) is 10.5. The molecule has 600 valence electrons. The van der Waals surface area contributed by atoms with Crippen molar-refractivity contribution in [1.82, 2.24) is 58.2 Å². The molecule has 0 amide bonds. The molecule has 0 saturated carbocycles. The number of likely N-dealkylation sites (tertiary alicyclic amines) is 2. The van der Waals surface area contributed by atoms with Crippen LogP contribution in [0.15, 0.2) is 194 Å². The number of halogens is 6. The number of fused-ring (bicyclic) bond motifs is 3. The summed E-state index contributed by atoms with van der Waals surface area (Å²) in [6.07, 6.45) is 15.8. The first-order valence-electron chi connectivity index (χ1n) is 35.1. The molecule has 3 fully saturated rings. The Morgan fingerprint density at radius 1 is 0.478 bits per heavy atom. The van der Waals surface area contributed by atoms with Gasteiger partial charge in [0, 0.05) is 115 Å². The summed E-state index contributed by atoms with van der Waals surface area (Å²) >= 11 is 17.9. The van der Waals surface area contributed by atoms with Crippen LogP contribution in [0.1, 0.15) is 19.8 Å². The molecule has 0 bridgehead atoms. The van der Waals surface area contributed by atoms with E-state index in [9.17, 15) is 52.8 Å². The molecule has 3 aromatic carbocycles. The van der Waals surface area contributed by atoms with Crippen molar-refractivity contribution in [3.8, 4) is 68.3 Å². The Morgan fingerprint density at radius 2 is 0.835 bits per heavy atom. The molecule has 3 saturated heterocycles. The first-order chi connectivity index (χ1) is 55.0. The van der Waals surface area contributed by atoms with Crippen molar-refractivity contribution in [2.45, 2.75) is 34.5 Å². The molecular formula is C76H71Cl3F3N15O15S3. The van der Waals surface area contributed by atoms with E-state index in [2.05, 4.69) is 66.1 Å². The second-order valence-electron chi connectivity index (χ2n) is 27.1. The number of aromatic nitrogens is 9. The summed E-state index contributed by atoms with van der Waals surface area (Å²) in [7, 11) is -6.58. The van der Waals surface area contributed by atoms with Crippen LogP contribution in [-0.2, 0) is 30.1 Å². The van der Waals surface area contributed by atoms with Gasteiger partial charge in [-0.2, -0.15) is 0 Å². The number of hydrogen-bond donors (Lipinski definition) is 4. The van der Waals surface area contributed by atoms with Gasteiger partial charge in [0.15, 0.2) is 0 Å². The monoisotopic (exact) mass is 1690 g/mol. The van der Waals surface area contributed by atoms with E-state index in [1.165, 1.54) is 103 Å². The lowest BCUT2D eigenvalue weighted by Gasteiger charge is -2.38. The highest BCUT2D eigenvalue weighted by atomic mass is 35.5. The van der Waals surface area contributed by atoms with Gasteiger partial charge in [0.2, 0.25) is 34.9 Å². The summed E-state index contributed by atoms with van der Waals surface area (Å²) in [5.41, 5.74) is 3.35. The van der Waals surface area contributed by atoms with E-state index in [0.717, 1.165) is 100 Å². The van der Waals surface area contributed by atoms with Crippen LogP contribution in [0, 0.1) is 28.8 Å². The molecule has 0 aliphatic carbocycles. The lowest BCUT2D eigenvalue weighted by atomic mass is 9.85. The van der Waals surface area contributed by atoms with E-state index in [-0.39, 0.29) is 104 Å². The van der Waals surface area contributed by atoms with Crippen LogP contribution in [0.4, 0.5) is 30.2 Å². The molecule has 30 nitrogen and oxygen atoms in total. The molecule has 3 aliphatic rings. The van der Waals surface area contributed by atoms with Crippen molar-refractivity contribution < 1.29 is 66.8 Å². The highest BCUT2D eigenvalue weighted by Gasteiger charge is 2.33. The van der Waals surface area contributed by atoms with Crippen LogP contribution >= 0.6 is 34.8 Å². The summed E-state index contributed by atoms with van der Waals surface area (Å²) in [5.74, 6) is -1.20. The predicted molar refractivity (Wildman–Crippen MR) is 425 cm³/mol. The van der Waals surface area contributed by atoms with E-state index in [0.29, 0.717) is 76.1 Å². The average molecular weight is 1690 g/mol.